The second kappa shape index (κ2) is 6.17. The zero-order chi connectivity index (χ0) is 13.9. The van der Waals surface area contributed by atoms with Crippen LogP contribution in [0.4, 0.5) is 0 Å². The third-order valence-corrected chi connectivity index (χ3v) is 5.04. The van der Waals surface area contributed by atoms with Crippen molar-refractivity contribution in [3.8, 4) is 5.75 Å². The largest absolute Gasteiger partial charge is 0.493 e. The van der Waals surface area contributed by atoms with Gasteiger partial charge in [0.05, 0.1) is 13.0 Å². The van der Waals surface area contributed by atoms with E-state index in [4.69, 9.17) is 4.74 Å². The molecule has 2 aliphatic heterocycles. The number of nitrogens with zero attached hydrogens (tertiary/aromatic N) is 1. The van der Waals surface area contributed by atoms with Crippen molar-refractivity contribution < 1.29 is 9.53 Å². The van der Waals surface area contributed by atoms with Crippen LogP contribution in [-0.2, 0) is 4.79 Å². The number of alkyl halides is 1. The topological polar surface area (TPSA) is 29.5 Å². The second-order valence-electron chi connectivity index (χ2n) is 5.67. The molecule has 2 atom stereocenters. The van der Waals surface area contributed by atoms with E-state index >= 15 is 0 Å². The molecule has 2 fully saturated rings. The Kier molecular flexibility index (Phi) is 4.29. The normalized spacial score (nSPS) is 28.4. The molecule has 2 heterocycles. The van der Waals surface area contributed by atoms with E-state index in [2.05, 4.69) is 20.8 Å². The Morgan fingerprint density at radius 3 is 2.50 bits per heavy atom. The number of carbonyl (C=O) groups is 1. The number of hydrogen-bond donors (Lipinski definition) is 0. The van der Waals surface area contributed by atoms with Gasteiger partial charge >= 0.3 is 0 Å². The van der Waals surface area contributed by atoms with Gasteiger partial charge in [-0.15, -0.1) is 0 Å². The third-order valence-electron chi connectivity index (χ3n) is 4.29. The number of fused-ring (bicyclic) bond motifs is 2. The highest BCUT2D eigenvalue weighted by atomic mass is 79.9. The summed E-state index contributed by atoms with van der Waals surface area (Å²) in [5.74, 6) is 1.09. The SMILES string of the molecule is O=C(CCOc1ccccc1)N1C2CCC1CC(Br)C2. The molecule has 3 nitrogen and oxygen atoms in total. The van der Waals surface area contributed by atoms with E-state index < -0.39 is 0 Å². The van der Waals surface area contributed by atoms with Crippen LogP contribution in [0.1, 0.15) is 32.1 Å². The van der Waals surface area contributed by atoms with Gasteiger partial charge in [-0.3, -0.25) is 4.79 Å². The molecular formula is C16H20BrNO2. The van der Waals surface area contributed by atoms with Crippen molar-refractivity contribution in [2.24, 2.45) is 0 Å². The van der Waals surface area contributed by atoms with Gasteiger partial charge in [-0.2, -0.15) is 0 Å². The Balaban J connectivity index is 1.50. The number of carbonyl (C=O) groups excluding carboxylic acids is 1. The molecule has 0 aromatic heterocycles. The van der Waals surface area contributed by atoms with Crippen molar-refractivity contribution in [3.63, 3.8) is 0 Å². The van der Waals surface area contributed by atoms with E-state index in [0.29, 0.717) is 29.9 Å². The Morgan fingerprint density at radius 2 is 1.85 bits per heavy atom. The molecule has 2 unspecified atom stereocenters. The standard InChI is InChI=1S/C16H20BrNO2/c17-12-10-13-6-7-14(11-12)18(13)16(19)8-9-20-15-4-2-1-3-5-15/h1-5,12-14H,6-11H2. The van der Waals surface area contributed by atoms with Crippen LogP contribution in [0.2, 0.25) is 0 Å². The molecule has 1 aromatic rings. The summed E-state index contributed by atoms with van der Waals surface area (Å²) < 4.78 is 5.62. The molecule has 4 heteroatoms. The lowest BCUT2D eigenvalue weighted by atomic mass is 10.0. The number of amides is 1. The van der Waals surface area contributed by atoms with E-state index in [0.717, 1.165) is 31.4 Å². The summed E-state index contributed by atoms with van der Waals surface area (Å²) >= 11 is 3.71. The number of piperidine rings is 1. The molecule has 0 saturated carbocycles. The van der Waals surface area contributed by atoms with E-state index in [1.54, 1.807) is 0 Å². The van der Waals surface area contributed by atoms with Gasteiger partial charge in [-0.25, -0.2) is 0 Å². The van der Waals surface area contributed by atoms with Crippen LogP contribution in [0, 0.1) is 0 Å². The van der Waals surface area contributed by atoms with Gasteiger partial charge < -0.3 is 9.64 Å². The van der Waals surface area contributed by atoms with E-state index in [1.165, 1.54) is 0 Å². The fourth-order valence-electron chi connectivity index (χ4n) is 3.42. The number of hydrogen-bond acceptors (Lipinski definition) is 2. The van der Waals surface area contributed by atoms with Crippen LogP contribution in [0.3, 0.4) is 0 Å². The Hall–Kier alpha value is -1.03. The molecule has 0 spiro atoms. The summed E-state index contributed by atoms with van der Waals surface area (Å²) in [5, 5.41) is 0. The minimum atomic E-state index is 0.257. The molecule has 108 valence electrons. The van der Waals surface area contributed by atoms with Gasteiger partial charge in [0.2, 0.25) is 5.91 Å². The summed E-state index contributed by atoms with van der Waals surface area (Å²) in [7, 11) is 0. The van der Waals surface area contributed by atoms with Crippen molar-refractivity contribution in [3.05, 3.63) is 30.3 Å². The fraction of sp³-hybridized carbons (Fsp3) is 0.562. The van der Waals surface area contributed by atoms with Crippen LogP contribution < -0.4 is 4.74 Å². The van der Waals surface area contributed by atoms with Crippen molar-refractivity contribution >= 4 is 21.8 Å². The monoisotopic (exact) mass is 337 g/mol. The number of ether oxygens (including phenoxy) is 1. The van der Waals surface area contributed by atoms with Crippen molar-refractivity contribution in [2.75, 3.05) is 6.61 Å². The second-order valence-corrected chi connectivity index (χ2v) is 6.96. The minimum absolute atomic E-state index is 0.257. The van der Waals surface area contributed by atoms with Gasteiger partial charge in [0.1, 0.15) is 5.75 Å². The Bertz CT molecular complexity index is 451. The summed E-state index contributed by atoms with van der Waals surface area (Å²) in [6, 6.07) is 10.6. The average molecular weight is 338 g/mol. The van der Waals surface area contributed by atoms with Gasteiger partial charge in [0, 0.05) is 16.9 Å². The summed E-state index contributed by atoms with van der Waals surface area (Å²) in [4.78, 5) is 15.1. The predicted molar refractivity (Wildman–Crippen MR) is 82.2 cm³/mol. The van der Waals surface area contributed by atoms with E-state index in [-0.39, 0.29) is 5.91 Å². The highest BCUT2D eigenvalue weighted by Crippen LogP contribution is 2.38. The maximum absolute atomic E-state index is 12.4. The molecule has 2 saturated heterocycles. The summed E-state index contributed by atoms with van der Waals surface area (Å²) in [6.07, 6.45) is 5.01. The first-order valence-corrected chi connectivity index (χ1v) is 8.28. The fourth-order valence-corrected chi connectivity index (χ4v) is 4.28. The van der Waals surface area contributed by atoms with Gasteiger partial charge in [0.25, 0.3) is 0 Å². The maximum Gasteiger partial charge on any atom is 0.226 e. The number of benzene rings is 1. The van der Waals surface area contributed by atoms with Crippen LogP contribution in [0.15, 0.2) is 30.3 Å². The van der Waals surface area contributed by atoms with Gasteiger partial charge in [-0.05, 0) is 37.8 Å². The lowest BCUT2D eigenvalue weighted by Crippen LogP contribution is -2.47. The first kappa shape index (κ1) is 13.9. The zero-order valence-electron chi connectivity index (χ0n) is 11.5. The van der Waals surface area contributed by atoms with Crippen molar-refractivity contribution in [2.45, 2.75) is 49.0 Å². The van der Waals surface area contributed by atoms with Gasteiger partial charge in [0.15, 0.2) is 0 Å². The number of para-hydroxylation sites is 1. The smallest absolute Gasteiger partial charge is 0.226 e. The van der Waals surface area contributed by atoms with Crippen molar-refractivity contribution in [1.29, 1.82) is 0 Å². The van der Waals surface area contributed by atoms with Crippen LogP contribution in [0.25, 0.3) is 0 Å². The van der Waals surface area contributed by atoms with Crippen molar-refractivity contribution in [1.82, 2.24) is 4.90 Å². The first-order chi connectivity index (χ1) is 9.74. The molecule has 0 aliphatic carbocycles. The molecule has 2 bridgehead atoms. The summed E-state index contributed by atoms with van der Waals surface area (Å²) in [6.45, 7) is 0.469. The Labute approximate surface area is 128 Å². The predicted octanol–water partition coefficient (Wildman–Crippen LogP) is 3.37. The van der Waals surface area contributed by atoms with Gasteiger partial charge in [-0.1, -0.05) is 34.1 Å². The van der Waals surface area contributed by atoms with Crippen LogP contribution >= 0.6 is 15.9 Å². The zero-order valence-corrected chi connectivity index (χ0v) is 13.1. The molecule has 1 amide bonds. The minimum Gasteiger partial charge on any atom is -0.493 e. The third kappa shape index (κ3) is 3.00. The van der Waals surface area contributed by atoms with E-state index in [9.17, 15) is 4.79 Å². The first-order valence-electron chi connectivity index (χ1n) is 7.37. The highest BCUT2D eigenvalue weighted by molar-refractivity contribution is 9.09. The molecule has 20 heavy (non-hydrogen) atoms. The molecule has 0 radical (unpaired) electrons. The summed E-state index contributed by atoms with van der Waals surface area (Å²) in [5.41, 5.74) is 0. The lowest BCUT2D eigenvalue weighted by molar-refractivity contribution is -0.135. The van der Waals surface area contributed by atoms with Crippen LogP contribution in [0.5, 0.6) is 5.75 Å². The molecule has 0 N–H and O–H groups in total. The maximum atomic E-state index is 12.4. The molecule has 2 aliphatic rings. The number of halogens is 1. The lowest BCUT2D eigenvalue weighted by Gasteiger charge is -2.37. The molecule has 1 aromatic carbocycles. The average Bonchev–Trinajstić information content (AvgIpc) is 2.72. The van der Waals surface area contributed by atoms with E-state index in [1.807, 2.05) is 30.3 Å². The van der Waals surface area contributed by atoms with Crippen LogP contribution in [-0.4, -0.2) is 34.3 Å². The Morgan fingerprint density at radius 1 is 1.20 bits per heavy atom. The molecule has 3 rings (SSSR count). The number of rotatable bonds is 4. The molecular weight excluding hydrogens is 318 g/mol. The highest BCUT2D eigenvalue weighted by Gasteiger charge is 2.42. The quantitative estimate of drug-likeness (QED) is 0.788.